The fourth-order valence-electron chi connectivity index (χ4n) is 1.95. The SMILES string of the molecule is C/C=C/C1CCCC(CO)C1. The van der Waals surface area contributed by atoms with Crippen LogP contribution in [0.5, 0.6) is 0 Å². The molecule has 0 aromatic rings. The minimum Gasteiger partial charge on any atom is -0.396 e. The first-order valence-corrected chi connectivity index (χ1v) is 4.60. The van der Waals surface area contributed by atoms with Gasteiger partial charge in [0, 0.05) is 6.61 Å². The Morgan fingerprint density at radius 1 is 1.45 bits per heavy atom. The van der Waals surface area contributed by atoms with E-state index in [1.165, 1.54) is 25.7 Å². The van der Waals surface area contributed by atoms with Crippen molar-refractivity contribution >= 4 is 0 Å². The van der Waals surface area contributed by atoms with Crippen LogP contribution in [0.3, 0.4) is 0 Å². The van der Waals surface area contributed by atoms with Gasteiger partial charge < -0.3 is 5.11 Å². The highest BCUT2D eigenvalue weighted by atomic mass is 16.3. The zero-order valence-corrected chi connectivity index (χ0v) is 7.29. The summed E-state index contributed by atoms with van der Waals surface area (Å²) in [5.74, 6) is 1.32. The van der Waals surface area contributed by atoms with E-state index in [9.17, 15) is 0 Å². The molecule has 11 heavy (non-hydrogen) atoms. The lowest BCUT2D eigenvalue weighted by atomic mass is 9.82. The molecule has 2 atom stereocenters. The van der Waals surface area contributed by atoms with Gasteiger partial charge in [-0.05, 0) is 38.0 Å². The van der Waals surface area contributed by atoms with E-state index in [2.05, 4.69) is 19.1 Å². The fraction of sp³-hybridized carbons (Fsp3) is 0.800. The van der Waals surface area contributed by atoms with Gasteiger partial charge in [-0.15, -0.1) is 0 Å². The first-order valence-electron chi connectivity index (χ1n) is 4.60. The van der Waals surface area contributed by atoms with Crippen LogP contribution in [0.25, 0.3) is 0 Å². The summed E-state index contributed by atoms with van der Waals surface area (Å²) in [7, 11) is 0. The Labute approximate surface area is 69.1 Å². The summed E-state index contributed by atoms with van der Waals surface area (Å²) in [5.41, 5.74) is 0. The molecule has 1 N–H and O–H groups in total. The van der Waals surface area contributed by atoms with Crippen LogP contribution in [0.15, 0.2) is 12.2 Å². The van der Waals surface area contributed by atoms with Crippen LogP contribution in [0, 0.1) is 11.8 Å². The topological polar surface area (TPSA) is 20.2 Å². The standard InChI is InChI=1S/C10H18O/c1-2-4-9-5-3-6-10(7-9)8-11/h2,4,9-11H,3,5-8H2,1H3/b4-2+. The Balaban J connectivity index is 2.33. The summed E-state index contributed by atoms with van der Waals surface area (Å²) in [4.78, 5) is 0. The van der Waals surface area contributed by atoms with E-state index in [0.717, 1.165) is 5.92 Å². The zero-order valence-electron chi connectivity index (χ0n) is 7.29. The Bertz CT molecular complexity index is 129. The number of hydrogen-bond donors (Lipinski definition) is 1. The predicted octanol–water partition coefficient (Wildman–Crippen LogP) is 2.36. The van der Waals surface area contributed by atoms with Gasteiger partial charge in [0.05, 0.1) is 0 Å². The van der Waals surface area contributed by atoms with Crippen molar-refractivity contribution in [1.29, 1.82) is 0 Å². The summed E-state index contributed by atoms with van der Waals surface area (Å²) in [6.07, 6.45) is 9.44. The second-order valence-electron chi connectivity index (χ2n) is 3.50. The predicted molar refractivity (Wildman–Crippen MR) is 47.3 cm³/mol. The molecular formula is C10H18O. The normalized spacial score (nSPS) is 32.9. The molecule has 1 aliphatic rings. The average molecular weight is 154 g/mol. The van der Waals surface area contributed by atoms with Crippen LogP contribution >= 0.6 is 0 Å². The Hall–Kier alpha value is -0.300. The van der Waals surface area contributed by atoms with Crippen LogP contribution in [0.4, 0.5) is 0 Å². The van der Waals surface area contributed by atoms with Gasteiger partial charge in [0.25, 0.3) is 0 Å². The lowest BCUT2D eigenvalue weighted by Gasteiger charge is -2.25. The summed E-state index contributed by atoms with van der Waals surface area (Å²) in [5, 5.41) is 8.95. The number of aliphatic hydroxyl groups excluding tert-OH is 1. The number of allylic oxidation sites excluding steroid dienone is 2. The first-order chi connectivity index (χ1) is 5.36. The zero-order chi connectivity index (χ0) is 8.10. The molecule has 1 fully saturated rings. The third kappa shape index (κ3) is 2.66. The van der Waals surface area contributed by atoms with E-state index in [1.807, 2.05) is 0 Å². The van der Waals surface area contributed by atoms with Crippen molar-refractivity contribution in [2.75, 3.05) is 6.61 Å². The quantitative estimate of drug-likeness (QED) is 0.605. The Kier molecular flexibility index (Phi) is 3.64. The number of hydrogen-bond acceptors (Lipinski definition) is 1. The molecule has 1 heteroatoms. The van der Waals surface area contributed by atoms with Crippen LogP contribution in [-0.4, -0.2) is 11.7 Å². The molecule has 0 bridgehead atoms. The third-order valence-electron chi connectivity index (χ3n) is 2.55. The highest BCUT2D eigenvalue weighted by Crippen LogP contribution is 2.29. The average Bonchev–Trinajstić information content (AvgIpc) is 2.06. The Morgan fingerprint density at radius 2 is 2.27 bits per heavy atom. The van der Waals surface area contributed by atoms with Crippen molar-refractivity contribution in [2.45, 2.75) is 32.6 Å². The second-order valence-corrected chi connectivity index (χ2v) is 3.50. The van der Waals surface area contributed by atoms with E-state index in [1.54, 1.807) is 0 Å². The minimum absolute atomic E-state index is 0.383. The van der Waals surface area contributed by atoms with Crippen molar-refractivity contribution < 1.29 is 5.11 Å². The van der Waals surface area contributed by atoms with Gasteiger partial charge in [-0.2, -0.15) is 0 Å². The third-order valence-corrected chi connectivity index (χ3v) is 2.55. The molecule has 1 rings (SSSR count). The van der Waals surface area contributed by atoms with Crippen molar-refractivity contribution in [2.24, 2.45) is 11.8 Å². The summed E-state index contributed by atoms with van der Waals surface area (Å²) >= 11 is 0. The monoisotopic (exact) mass is 154 g/mol. The largest absolute Gasteiger partial charge is 0.396 e. The van der Waals surface area contributed by atoms with Crippen molar-refractivity contribution in [3.63, 3.8) is 0 Å². The van der Waals surface area contributed by atoms with Gasteiger partial charge in [0.1, 0.15) is 0 Å². The van der Waals surface area contributed by atoms with Crippen molar-refractivity contribution in [3.8, 4) is 0 Å². The lowest BCUT2D eigenvalue weighted by Crippen LogP contribution is -2.16. The number of rotatable bonds is 2. The van der Waals surface area contributed by atoms with E-state index in [0.29, 0.717) is 12.5 Å². The highest BCUT2D eigenvalue weighted by Gasteiger charge is 2.18. The lowest BCUT2D eigenvalue weighted by molar-refractivity contribution is 0.173. The summed E-state index contributed by atoms with van der Waals surface area (Å²) < 4.78 is 0. The molecule has 1 saturated carbocycles. The number of aliphatic hydroxyl groups is 1. The van der Waals surface area contributed by atoms with E-state index < -0.39 is 0 Å². The molecule has 0 aromatic carbocycles. The summed E-state index contributed by atoms with van der Waals surface area (Å²) in [6.45, 7) is 2.45. The molecule has 0 aromatic heterocycles. The van der Waals surface area contributed by atoms with Crippen molar-refractivity contribution in [3.05, 3.63) is 12.2 Å². The first kappa shape index (κ1) is 8.79. The van der Waals surface area contributed by atoms with Crippen molar-refractivity contribution in [1.82, 2.24) is 0 Å². The van der Waals surface area contributed by atoms with E-state index in [4.69, 9.17) is 5.11 Å². The molecule has 64 valence electrons. The molecule has 0 radical (unpaired) electrons. The van der Waals surface area contributed by atoms with Crippen LogP contribution in [0.2, 0.25) is 0 Å². The van der Waals surface area contributed by atoms with E-state index >= 15 is 0 Å². The van der Waals surface area contributed by atoms with Crippen LogP contribution in [-0.2, 0) is 0 Å². The fourth-order valence-corrected chi connectivity index (χ4v) is 1.95. The molecule has 1 aliphatic carbocycles. The van der Waals surface area contributed by atoms with Gasteiger partial charge in [0.15, 0.2) is 0 Å². The van der Waals surface area contributed by atoms with Crippen LogP contribution < -0.4 is 0 Å². The molecule has 0 heterocycles. The molecule has 0 saturated heterocycles. The highest BCUT2D eigenvalue weighted by molar-refractivity contribution is 4.89. The maximum absolute atomic E-state index is 8.95. The molecule has 0 aliphatic heterocycles. The van der Waals surface area contributed by atoms with Gasteiger partial charge >= 0.3 is 0 Å². The molecule has 0 amide bonds. The minimum atomic E-state index is 0.383. The molecule has 1 nitrogen and oxygen atoms in total. The van der Waals surface area contributed by atoms with Gasteiger partial charge in [0.2, 0.25) is 0 Å². The molecular weight excluding hydrogens is 136 g/mol. The smallest absolute Gasteiger partial charge is 0.0459 e. The van der Waals surface area contributed by atoms with E-state index in [-0.39, 0.29) is 0 Å². The van der Waals surface area contributed by atoms with Gasteiger partial charge in [-0.25, -0.2) is 0 Å². The summed E-state index contributed by atoms with van der Waals surface area (Å²) in [6, 6.07) is 0. The second kappa shape index (κ2) is 4.55. The molecule has 0 spiro atoms. The maximum Gasteiger partial charge on any atom is 0.0459 e. The van der Waals surface area contributed by atoms with Crippen LogP contribution in [0.1, 0.15) is 32.6 Å². The molecule has 2 unspecified atom stereocenters. The van der Waals surface area contributed by atoms with Gasteiger partial charge in [-0.3, -0.25) is 0 Å². The Morgan fingerprint density at radius 3 is 2.91 bits per heavy atom. The van der Waals surface area contributed by atoms with Gasteiger partial charge in [-0.1, -0.05) is 18.6 Å². The maximum atomic E-state index is 8.95.